The van der Waals surface area contributed by atoms with Gasteiger partial charge in [0, 0.05) is 25.3 Å². The van der Waals surface area contributed by atoms with Crippen LogP contribution in [0.3, 0.4) is 0 Å². The van der Waals surface area contributed by atoms with Crippen LogP contribution in [-0.2, 0) is 23.8 Å². The standard InChI is InChI=1S/C29H33F3N2O9/c1-18-25(39-16-8-14-29(30,31)32)23(43-20-9-5-4-6-10-20)12-7-11-21(28(37)42-18)34-27(36)24-26(41-17-40-19(2)35)22(38-3)13-15-33-24/h4-6,8-10,13-15,18,21,23,25H,7,11-12,16-17H2,1-3H3,(H,34,36)/b14-8+/t18-,21-,23-,25-/m0/s1. The molecule has 1 aromatic heterocycles. The molecule has 1 saturated heterocycles. The molecule has 43 heavy (non-hydrogen) atoms. The highest BCUT2D eigenvalue weighted by atomic mass is 19.4. The van der Waals surface area contributed by atoms with Crippen LogP contribution < -0.4 is 19.5 Å². The number of allylic oxidation sites excluding steroid dienone is 1. The number of esters is 2. The zero-order chi connectivity index (χ0) is 31.4. The summed E-state index contributed by atoms with van der Waals surface area (Å²) < 4.78 is 70.7. The van der Waals surface area contributed by atoms with E-state index in [1.54, 1.807) is 30.3 Å². The molecule has 14 heteroatoms. The number of halogens is 3. The third kappa shape index (κ3) is 10.5. The lowest BCUT2D eigenvalue weighted by Gasteiger charge is -2.31. The van der Waals surface area contributed by atoms with Gasteiger partial charge in [-0.15, -0.1) is 0 Å². The van der Waals surface area contributed by atoms with Crippen LogP contribution in [0, 0.1) is 0 Å². The largest absolute Gasteiger partial charge is 0.493 e. The molecule has 1 aliphatic rings. The van der Waals surface area contributed by atoms with Crippen molar-refractivity contribution in [3.05, 3.63) is 60.4 Å². The lowest BCUT2D eigenvalue weighted by Crippen LogP contribution is -2.46. The quantitative estimate of drug-likeness (QED) is 0.225. The molecule has 0 saturated carbocycles. The number of carbonyl (C=O) groups excluding carboxylic acids is 3. The number of benzene rings is 1. The minimum Gasteiger partial charge on any atom is -0.493 e. The van der Waals surface area contributed by atoms with Crippen molar-refractivity contribution in [2.24, 2.45) is 0 Å². The topological polar surface area (TPSA) is 132 Å². The second kappa shape index (κ2) is 15.8. The Morgan fingerprint density at radius 2 is 1.91 bits per heavy atom. The van der Waals surface area contributed by atoms with Crippen molar-refractivity contribution in [2.75, 3.05) is 20.5 Å². The molecule has 0 radical (unpaired) electrons. The molecule has 11 nitrogen and oxygen atoms in total. The number of hydrogen-bond donors (Lipinski definition) is 1. The Kier molecular flexibility index (Phi) is 12.2. The molecule has 0 aliphatic carbocycles. The number of aromatic nitrogens is 1. The SMILES string of the molecule is COc1ccnc(C(=O)N[C@H]2CCC[C@H](Oc3ccccc3)[C@@H](OC/C=C/C(F)(F)F)[C@H](C)OC2=O)c1OCOC(C)=O. The first-order valence-corrected chi connectivity index (χ1v) is 13.4. The maximum atomic E-state index is 13.3. The van der Waals surface area contributed by atoms with E-state index in [2.05, 4.69) is 10.3 Å². The van der Waals surface area contributed by atoms with E-state index in [4.69, 9.17) is 28.4 Å². The van der Waals surface area contributed by atoms with Gasteiger partial charge in [-0.3, -0.25) is 9.59 Å². The van der Waals surface area contributed by atoms with Gasteiger partial charge in [-0.05, 0) is 38.3 Å². The van der Waals surface area contributed by atoms with E-state index in [9.17, 15) is 27.6 Å². The van der Waals surface area contributed by atoms with Crippen molar-refractivity contribution >= 4 is 17.8 Å². The van der Waals surface area contributed by atoms with Gasteiger partial charge in [-0.1, -0.05) is 24.3 Å². The number of carbonyl (C=O) groups is 3. The van der Waals surface area contributed by atoms with Crippen LogP contribution in [0.5, 0.6) is 17.2 Å². The van der Waals surface area contributed by atoms with E-state index < -0.39 is 61.8 Å². The van der Waals surface area contributed by atoms with E-state index >= 15 is 0 Å². The number of cyclic esters (lactones) is 1. The monoisotopic (exact) mass is 610 g/mol. The fraction of sp³-hybridized carbons (Fsp3) is 0.448. The number of alkyl halides is 3. The summed E-state index contributed by atoms with van der Waals surface area (Å²) in [5.41, 5.74) is -0.227. The van der Waals surface area contributed by atoms with Crippen LogP contribution in [0.15, 0.2) is 54.7 Å². The Labute approximate surface area is 246 Å². The fourth-order valence-electron chi connectivity index (χ4n) is 4.25. The molecule has 2 aromatic rings. The van der Waals surface area contributed by atoms with Crippen LogP contribution in [0.1, 0.15) is 43.6 Å². The summed E-state index contributed by atoms with van der Waals surface area (Å²) in [5.74, 6) is -1.65. The molecule has 1 aromatic carbocycles. The lowest BCUT2D eigenvalue weighted by molar-refractivity contribution is -0.162. The van der Waals surface area contributed by atoms with Gasteiger partial charge >= 0.3 is 18.1 Å². The van der Waals surface area contributed by atoms with Crippen molar-refractivity contribution in [1.82, 2.24) is 10.3 Å². The predicted molar refractivity (Wildman–Crippen MR) is 145 cm³/mol. The minimum absolute atomic E-state index is 0.0638. The van der Waals surface area contributed by atoms with Crippen molar-refractivity contribution < 1.29 is 56.0 Å². The Bertz CT molecular complexity index is 1260. The summed E-state index contributed by atoms with van der Waals surface area (Å²) in [4.78, 5) is 41.6. The zero-order valence-electron chi connectivity index (χ0n) is 23.8. The first-order valence-electron chi connectivity index (χ1n) is 13.4. The third-order valence-electron chi connectivity index (χ3n) is 6.19. The first-order chi connectivity index (χ1) is 20.5. The van der Waals surface area contributed by atoms with Crippen LogP contribution in [-0.4, -0.2) is 73.9 Å². The van der Waals surface area contributed by atoms with Crippen LogP contribution in [0.2, 0.25) is 0 Å². The van der Waals surface area contributed by atoms with Crippen molar-refractivity contribution in [2.45, 2.75) is 63.6 Å². The Morgan fingerprint density at radius 1 is 1.16 bits per heavy atom. The Morgan fingerprint density at radius 3 is 2.58 bits per heavy atom. The number of nitrogens with zero attached hydrogens (tertiary/aromatic N) is 1. The average Bonchev–Trinajstić information content (AvgIpc) is 3.00. The lowest BCUT2D eigenvalue weighted by atomic mass is 10.0. The fourth-order valence-corrected chi connectivity index (χ4v) is 4.25. The summed E-state index contributed by atoms with van der Waals surface area (Å²) in [6.45, 7) is 1.80. The molecule has 3 rings (SSSR count). The smallest absolute Gasteiger partial charge is 0.409 e. The van der Waals surface area contributed by atoms with Crippen molar-refractivity contribution in [3.63, 3.8) is 0 Å². The molecule has 1 fully saturated rings. The van der Waals surface area contributed by atoms with E-state index in [1.165, 1.54) is 33.2 Å². The van der Waals surface area contributed by atoms with Crippen LogP contribution in [0.4, 0.5) is 13.2 Å². The molecule has 0 unspecified atom stereocenters. The van der Waals surface area contributed by atoms with E-state index in [0.29, 0.717) is 18.6 Å². The highest BCUT2D eigenvalue weighted by molar-refractivity contribution is 5.98. The van der Waals surface area contributed by atoms with Crippen molar-refractivity contribution in [3.8, 4) is 17.2 Å². The molecular weight excluding hydrogens is 577 g/mol. The van der Waals surface area contributed by atoms with Crippen LogP contribution >= 0.6 is 0 Å². The number of rotatable bonds is 11. The number of nitrogens with one attached hydrogen (secondary N) is 1. The number of hydrogen-bond acceptors (Lipinski definition) is 10. The predicted octanol–water partition coefficient (Wildman–Crippen LogP) is 4.15. The van der Waals surface area contributed by atoms with E-state index in [1.807, 2.05) is 0 Å². The molecule has 0 spiro atoms. The van der Waals surface area contributed by atoms with Gasteiger partial charge in [-0.2, -0.15) is 13.2 Å². The van der Waals surface area contributed by atoms with Gasteiger partial charge in [0.2, 0.25) is 6.79 Å². The molecule has 1 aliphatic heterocycles. The molecule has 0 bridgehead atoms. The summed E-state index contributed by atoms with van der Waals surface area (Å²) in [5, 5.41) is 2.60. The van der Waals surface area contributed by atoms with E-state index in [-0.39, 0.29) is 29.7 Å². The second-order valence-corrected chi connectivity index (χ2v) is 9.40. The number of pyridine rings is 1. The number of para-hydroxylation sites is 1. The van der Waals surface area contributed by atoms with Gasteiger partial charge in [0.05, 0.1) is 13.7 Å². The average molecular weight is 611 g/mol. The van der Waals surface area contributed by atoms with Gasteiger partial charge in [0.25, 0.3) is 5.91 Å². The van der Waals surface area contributed by atoms with Gasteiger partial charge in [0.1, 0.15) is 30.1 Å². The summed E-state index contributed by atoms with van der Waals surface area (Å²) >= 11 is 0. The maximum Gasteiger partial charge on any atom is 0.409 e. The number of methoxy groups -OCH3 is 1. The molecule has 1 amide bonds. The maximum absolute atomic E-state index is 13.3. The molecule has 234 valence electrons. The van der Waals surface area contributed by atoms with Gasteiger partial charge < -0.3 is 33.7 Å². The highest BCUT2D eigenvalue weighted by Crippen LogP contribution is 2.30. The summed E-state index contributed by atoms with van der Waals surface area (Å²) in [7, 11) is 1.35. The Hall–Kier alpha value is -4.33. The van der Waals surface area contributed by atoms with Gasteiger partial charge in [-0.25, -0.2) is 9.78 Å². The molecule has 1 N–H and O–H groups in total. The number of ether oxygens (including phenoxy) is 6. The zero-order valence-corrected chi connectivity index (χ0v) is 23.8. The van der Waals surface area contributed by atoms with Crippen LogP contribution in [0.25, 0.3) is 0 Å². The highest BCUT2D eigenvalue weighted by Gasteiger charge is 2.37. The molecule has 4 atom stereocenters. The third-order valence-corrected chi connectivity index (χ3v) is 6.19. The molecular formula is C29H33F3N2O9. The summed E-state index contributed by atoms with van der Waals surface area (Å²) in [6, 6.07) is 9.08. The summed E-state index contributed by atoms with van der Waals surface area (Å²) in [6.07, 6.45) is -4.09. The number of amides is 1. The first kappa shape index (κ1) is 33.2. The normalized spacial score (nSPS) is 21.1. The minimum atomic E-state index is -4.51. The Balaban J connectivity index is 1.79. The van der Waals surface area contributed by atoms with Gasteiger partial charge in [0.15, 0.2) is 17.2 Å². The van der Waals surface area contributed by atoms with Crippen molar-refractivity contribution in [1.29, 1.82) is 0 Å². The second-order valence-electron chi connectivity index (χ2n) is 9.40. The van der Waals surface area contributed by atoms with E-state index in [0.717, 1.165) is 6.08 Å². The molecule has 2 heterocycles.